The van der Waals surface area contributed by atoms with Crippen LogP contribution in [0.25, 0.3) is 11.0 Å². The maximum atomic E-state index is 12.5. The molecule has 2 heterocycles. The molecule has 1 aliphatic heterocycles. The van der Waals surface area contributed by atoms with Crippen LogP contribution >= 0.6 is 0 Å². The van der Waals surface area contributed by atoms with E-state index < -0.39 is 0 Å². The van der Waals surface area contributed by atoms with Gasteiger partial charge in [-0.25, -0.2) is 4.98 Å². The highest BCUT2D eigenvalue weighted by Crippen LogP contribution is 2.43. The molecule has 1 aromatic carbocycles. The van der Waals surface area contributed by atoms with Gasteiger partial charge in [0.25, 0.3) is 0 Å². The van der Waals surface area contributed by atoms with Crippen LogP contribution in [0.4, 0.5) is 0 Å². The van der Waals surface area contributed by atoms with E-state index in [4.69, 9.17) is 9.47 Å². The molecule has 2 fully saturated rings. The number of fused-ring (bicyclic) bond motifs is 2. The van der Waals surface area contributed by atoms with Gasteiger partial charge in [0.05, 0.1) is 23.7 Å². The minimum absolute atomic E-state index is 0.0168. The summed E-state index contributed by atoms with van der Waals surface area (Å²) in [5.74, 6) is 1.24. The van der Waals surface area contributed by atoms with Gasteiger partial charge in [-0.15, -0.1) is 0 Å². The molecule has 0 bridgehead atoms. The number of carbonyl (C=O) groups is 1. The lowest BCUT2D eigenvalue weighted by molar-refractivity contribution is -0.130. The van der Waals surface area contributed by atoms with Crippen LogP contribution in [-0.4, -0.2) is 53.0 Å². The monoisotopic (exact) mass is 359 g/mol. The van der Waals surface area contributed by atoms with Crippen LogP contribution < -0.4 is 5.32 Å². The van der Waals surface area contributed by atoms with Gasteiger partial charge in [-0.2, -0.15) is 0 Å². The van der Waals surface area contributed by atoms with E-state index in [9.17, 15) is 9.90 Å². The van der Waals surface area contributed by atoms with Crippen molar-refractivity contribution in [1.29, 1.82) is 0 Å². The number of benzene rings is 1. The van der Waals surface area contributed by atoms with Gasteiger partial charge in [0.1, 0.15) is 12.4 Å². The second kappa shape index (κ2) is 7.34. The Balaban J connectivity index is 1.40. The standard InChI is InChI=1S/C19H25N3O4/c1-25-11-13-18(12-7-9-26-19(12)13)21-17(24)6-8-22-15-5-3-2-4-14(15)20-16(22)10-23/h2-5,12-13,18-19,23H,6-11H2,1H3,(H,21,24)/t12-,13+,18+,19-/m0/s1. The lowest BCUT2D eigenvalue weighted by atomic mass is 9.67. The quantitative estimate of drug-likeness (QED) is 0.773. The van der Waals surface area contributed by atoms with E-state index in [1.165, 1.54) is 0 Å². The normalized spacial score (nSPS) is 27.3. The SMILES string of the molecule is COC[C@@H]1[C@H](NC(=O)CCn2c(CO)nc3ccccc32)[C@@H]2CCO[C@H]12. The third kappa shape index (κ3) is 3.00. The van der Waals surface area contributed by atoms with Crippen molar-refractivity contribution in [3.63, 3.8) is 0 Å². The molecule has 7 nitrogen and oxygen atoms in total. The maximum Gasteiger partial charge on any atom is 0.222 e. The van der Waals surface area contributed by atoms with Gasteiger partial charge in [0.2, 0.25) is 5.91 Å². The number of aliphatic hydroxyl groups excluding tert-OH is 1. The predicted octanol–water partition coefficient (Wildman–Crippen LogP) is 1.08. The molecule has 0 radical (unpaired) electrons. The molecule has 140 valence electrons. The largest absolute Gasteiger partial charge is 0.388 e. The predicted molar refractivity (Wildman–Crippen MR) is 95.4 cm³/mol. The lowest BCUT2D eigenvalue weighted by Gasteiger charge is -2.47. The van der Waals surface area contributed by atoms with E-state index in [1.807, 2.05) is 28.8 Å². The van der Waals surface area contributed by atoms with E-state index in [1.54, 1.807) is 7.11 Å². The number of rotatable bonds is 7. The van der Waals surface area contributed by atoms with Crippen molar-refractivity contribution < 1.29 is 19.4 Å². The first-order chi connectivity index (χ1) is 12.7. The average Bonchev–Trinajstić information content (AvgIpc) is 3.24. The molecular formula is C19H25N3O4. The lowest BCUT2D eigenvalue weighted by Crippen LogP contribution is -2.62. The Kier molecular flexibility index (Phi) is 4.93. The fraction of sp³-hybridized carbons (Fsp3) is 0.579. The molecule has 7 heteroatoms. The van der Waals surface area contributed by atoms with Crippen LogP contribution in [0.15, 0.2) is 24.3 Å². The molecule has 0 unspecified atom stereocenters. The maximum absolute atomic E-state index is 12.5. The summed E-state index contributed by atoms with van der Waals surface area (Å²) in [5, 5.41) is 12.7. The van der Waals surface area contributed by atoms with Gasteiger partial charge in [-0.1, -0.05) is 12.1 Å². The fourth-order valence-electron chi connectivity index (χ4n) is 4.40. The molecule has 1 saturated carbocycles. The van der Waals surface area contributed by atoms with E-state index in [-0.39, 0.29) is 30.6 Å². The zero-order chi connectivity index (χ0) is 18.1. The number of nitrogens with one attached hydrogen (secondary N) is 1. The Labute approximate surface area is 152 Å². The minimum Gasteiger partial charge on any atom is -0.388 e. The summed E-state index contributed by atoms with van der Waals surface area (Å²) < 4.78 is 13.0. The Bertz CT molecular complexity index is 790. The number of methoxy groups -OCH3 is 1. The minimum atomic E-state index is -0.143. The second-order valence-electron chi connectivity index (χ2n) is 7.08. The number of nitrogens with zero attached hydrogens (tertiary/aromatic N) is 2. The molecule has 4 atom stereocenters. The van der Waals surface area contributed by atoms with E-state index in [0.717, 1.165) is 24.1 Å². The highest BCUT2D eigenvalue weighted by atomic mass is 16.5. The smallest absolute Gasteiger partial charge is 0.222 e. The number of imidazole rings is 1. The second-order valence-corrected chi connectivity index (χ2v) is 7.08. The first kappa shape index (κ1) is 17.5. The molecule has 1 aliphatic carbocycles. The highest BCUT2D eigenvalue weighted by Gasteiger charge is 2.54. The molecule has 4 rings (SSSR count). The van der Waals surface area contributed by atoms with Crippen LogP contribution in [0.3, 0.4) is 0 Å². The van der Waals surface area contributed by atoms with Crippen molar-refractivity contribution in [1.82, 2.24) is 14.9 Å². The van der Waals surface area contributed by atoms with E-state index in [0.29, 0.717) is 31.3 Å². The van der Waals surface area contributed by atoms with Crippen LogP contribution in [0.5, 0.6) is 0 Å². The number of carbonyl (C=O) groups excluding carboxylic acids is 1. The summed E-state index contributed by atoms with van der Waals surface area (Å²) in [6.07, 6.45) is 1.57. The third-order valence-electron chi connectivity index (χ3n) is 5.65. The van der Waals surface area contributed by atoms with Crippen LogP contribution in [-0.2, 0) is 27.4 Å². The van der Waals surface area contributed by atoms with E-state index >= 15 is 0 Å². The van der Waals surface area contributed by atoms with Gasteiger partial charge in [-0.3, -0.25) is 4.79 Å². The van der Waals surface area contributed by atoms with Gasteiger partial charge < -0.3 is 24.5 Å². The Morgan fingerprint density at radius 3 is 3.12 bits per heavy atom. The van der Waals surface area contributed by atoms with Crippen molar-refractivity contribution in [3.8, 4) is 0 Å². The van der Waals surface area contributed by atoms with Gasteiger partial charge in [0.15, 0.2) is 0 Å². The zero-order valence-electron chi connectivity index (χ0n) is 14.9. The van der Waals surface area contributed by atoms with Crippen molar-refractivity contribution in [3.05, 3.63) is 30.1 Å². The zero-order valence-corrected chi connectivity index (χ0v) is 14.9. The summed E-state index contributed by atoms with van der Waals surface area (Å²) >= 11 is 0. The topological polar surface area (TPSA) is 85.6 Å². The van der Waals surface area contributed by atoms with Crippen molar-refractivity contribution in [2.45, 2.75) is 38.1 Å². The van der Waals surface area contributed by atoms with Gasteiger partial charge >= 0.3 is 0 Å². The number of amides is 1. The highest BCUT2D eigenvalue weighted by molar-refractivity contribution is 5.78. The van der Waals surface area contributed by atoms with Crippen molar-refractivity contribution >= 4 is 16.9 Å². The number of aliphatic hydroxyl groups is 1. The molecule has 1 saturated heterocycles. The third-order valence-corrected chi connectivity index (χ3v) is 5.65. The summed E-state index contributed by atoms with van der Waals surface area (Å²) in [6.45, 7) is 1.72. The Morgan fingerprint density at radius 1 is 1.46 bits per heavy atom. The number of aryl methyl sites for hydroxylation is 1. The van der Waals surface area contributed by atoms with Crippen LogP contribution in [0.2, 0.25) is 0 Å². The number of hydrogen-bond donors (Lipinski definition) is 2. The molecule has 2 aliphatic rings. The van der Waals surface area contributed by atoms with Gasteiger partial charge in [0, 0.05) is 44.6 Å². The molecule has 2 N–H and O–H groups in total. The molecule has 1 amide bonds. The fourth-order valence-corrected chi connectivity index (χ4v) is 4.40. The first-order valence-corrected chi connectivity index (χ1v) is 9.18. The first-order valence-electron chi connectivity index (χ1n) is 9.18. The molecule has 1 aromatic heterocycles. The van der Waals surface area contributed by atoms with Crippen LogP contribution in [0.1, 0.15) is 18.7 Å². The number of para-hydroxylation sites is 2. The molecule has 0 spiro atoms. The summed E-state index contributed by atoms with van der Waals surface area (Å²) in [7, 11) is 1.68. The molecular weight excluding hydrogens is 334 g/mol. The van der Waals surface area contributed by atoms with Crippen molar-refractivity contribution in [2.75, 3.05) is 20.3 Å². The van der Waals surface area contributed by atoms with Gasteiger partial charge in [-0.05, 0) is 18.6 Å². The summed E-state index contributed by atoms with van der Waals surface area (Å²) in [5.41, 5.74) is 1.77. The van der Waals surface area contributed by atoms with Crippen LogP contribution in [0, 0.1) is 11.8 Å². The summed E-state index contributed by atoms with van der Waals surface area (Å²) in [6, 6.07) is 7.85. The molecule has 26 heavy (non-hydrogen) atoms. The number of aromatic nitrogens is 2. The Hall–Kier alpha value is -1.96. The Morgan fingerprint density at radius 2 is 2.31 bits per heavy atom. The number of hydrogen-bond acceptors (Lipinski definition) is 5. The summed E-state index contributed by atoms with van der Waals surface area (Å²) in [4.78, 5) is 17.0. The van der Waals surface area contributed by atoms with E-state index in [2.05, 4.69) is 10.3 Å². The average molecular weight is 359 g/mol. The molecule has 2 aromatic rings. The van der Waals surface area contributed by atoms with Crippen molar-refractivity contribution in [2.24, 2.45) is 11.8 Å². The number of ether oxygens (including phenoxy) is 2.